The van der Waals surface area contributed by atoms with Gasteiger partial charge < -0.3 is 37.9 Å². The molecule has 0 N–H and O–H groups in total. The maximum absolute atomic E-state index is 5.72. The SMILES string of the molecule is COCCOCCOCCOCC(COCCOCCOCCOC)C(C)C. The van der Waals surface area contributed by atoms with Crippen LogP contribution in [0.5, 0.6) is 0 Å². The first kappa shape index (κ1) is 27.7. The van der Waals surface area contributed by atoms with Crippen molar-refractivity contribution in [3.63, 3.8) is 0 Å². The van der Waals surface area contributed by atoms with E-state index >= 15 is 0 Å². The lowest BCUT2D eigenvalue weighted by molar-refractivity contribution is -0.0281. The zero-order valence-electron chi connectivity index (χ0n) is 18.3. The summed E-state index contributed by atoms with van der Waals surface area (Å²) in [6.07, 6.45) is 0. The van der Waals surface area contributed by atoms with E-state index in [0.717, 1.165) is 0 Å². The highest BCUT2D eigenvalue weighted by molar-refractivity contribution is 4.61. The van der Waals surface area contributed by atoms with E-state index in [1.165, 1.54) is 0 Å². The zero-order valence-corrected chi connectivity index (χ0v) is 18.3. The van der Waals surface area contributed by atoms with Crippen molar-refractivity contribution < 1.29 is 37.9 Å². The quantitative estimate of drug-likeness (QED) is 0.236. The van der Waals surface area contributed by atoms with Crippen LogP contribution in [0, 0.1) is 11.8 Å². The van der Waals surface area contributed by atoms with Crippen molar-refractivity contribution in [3.8, 4) is 0 Å². The molecule has 0 aliphatic rings. The summed E-state index contributed by atoms with van der Waals surface area (Å²) in [6.45, 7) is 12.7. The van der Waals surface area contributed by atoms with Crippen LogP contribution in [0.1, 0.15) is 13.8 Å². The van der Waals surface area contributed by atoms with Crippen molar-refractivity contribution in [2.24, 2.45) is 11.8 Å². The number of ether oxygens (including phenoxy) is 8. The van der Waals surface area contributed by atoms with E-state index in [2.05, 4.69) is 13.8 Å². The first-order chi connectivity index (χ1) is 13.7. The van der Waals surface area contributed by atoms with Gasteiger partial charge in [-0.2, -0.15) is 0 Å². The molecule has 170 valence electrons. The molecule has 0 unspecified atom stereocenters. The van der Waals surface area contributed by atoms with E-state index < -0.39 is 0 Å². The fourth-order valence-corrected chi connectivity index (χ4v) is 2.07. The number of hydrogen-bond donors (Lipinski definition) is 0. The highest BCUT2D eigenvalue weighted by Crippen LogP contribution is 2.11. The molecule has 0 saturated heterocycles. The van der Waals surface area contributed by atoms with E-state index in [4.69, 9.17) is 37.9 Å². The molecule has 0 radical (unpaired) electrons. The van der Waals surface area contributed by atoms with Crippen molar-refractivity contribution in [1.82, 2.24) is 0 Å². The summed E-state index contributed by atoms with van der Waals surface area (Å²) in [5.74, 6) is 0.847. The van der Waals surface area contributed by atoms with Crippen molar-refractivity contribution in [2.45, 2.75) is 13.8 Å². The number of rotatable bonds is 23. The van der Waals surface area contributed by atoms with E-state index in [0.29, 0.717) is 104 Å². The highest BCUT2D eigenvalue weighted by Gasteiger charge is 2.14. The lowest BCUT2D eigenvalue weighted by Crippen LogP contribution is -2.24. The molecule has 0 aliphatic heterocycles. The first-order valence-corrected chi connectivity index (χ1v) is 10.2. The highest BCUT2D eigenvalue weighted by atomic mass is 16.6. The number of methoxy groups -OCH3 is 2. The van der Waals surface area contributed by atoms with Crippen LogP contribution in [0.15, 0.2) is 0 Å². The van der Waals surface area contributed by atoms with E-state index in [-0.39, 0.29) is 0 Å². The monoisotopic (exact) mass is 410 g/mol. The Hall–Kier alpha value is -0.320. The van der Waals surface area contributed by atoms with Crippen LogP contribution in [-0.4, -0.2) is 107 Å². The molecule has 8 heteroatoms. The molecule has 0 spiro atoms. The van der Waals surface area contributed by atoms with Gasteiger partial charge in [0, 0.05) is 20.1 Å². The Morgan fingerprint density at radius 2 is 0.714 bits per heavy atom. The molecule has 0 rings (SSSR count). The summed E-state index contributed by atoms with van der Waals surface area (Å²) in [5.41, 5.74) is 0. The second kappa shape index (κ2) is 23.0. The molecule has 0 aliphatic carbocycles. The molecule has 0 aromatic heterocycles. The largest absolute Gasteiger partial charge is 0.382 e. The topological polar surface area (TPSA) is 73.8 Å². The second-order valence-corrected chi connectivity index (χ2v) is 6.59. The Morgan fingerprint density at radius 1 is 0.429 bits per heavy atom. The average molecular weight is 411 g/mol. The molecule has 0 aromatic rings. The van der Waals surface area contributed by atoms with E-state index in [9.17, 15) is 0 Å². The van der Waals surface area contributed by atoms with Gasteiger partial charge in [-0.1, -0.05) is 13.8 Å². The Labute approximate surface area is 171 Å². The van der Waals surface area contributed by atoms with Gasteiger partial charge in [-0.25, -0.2) is 0 Å². The molecule has 0 fully saturated rings. The van der Waals surface area contributed by atoms with Crippen molar-refractivity contribution in [3.05, 3.63) is 0 Å². The van der Waals surface area contributed by atoms with Gasteiger partial charge in [0.1, 0.15) is 0 Å². The Bertz CT molecular complexity index is 267. The standard InChI is InChI=1S/C20H42O8/c1-19(2)20(17-27-15-13-25-11-9-23-7-5-21-3)18-28-16-14-26-12-10-24-8-6-22-4/h19-20H,5-18H2,1-4H3. The Balaban J connectivity index is 3.44. The lowest BCUT2D eigenvalue weighted by Gasteiger charge is -2.21. The molecule has 0 bridgehead atoms. The van der Waals surface area contributed by atoms with Gasteiger partial charge in [-0.05, 0) is 5.92 Å². The van der Waals surface area contributed by atoms with E-state index in [1.54, 1.807) is 14.2 Å². The minimum atomic E-state index is 0.356. The first-order valence-electron chi connectivity index (χ1n) is 10.2. The lowest BCUT2D eigenvalue weighted by atomic mass is 9.98. The zero-order chi connectivity index (χ0) is 20.7. The molecule has 0 atom stereocenters. The molecule has 0 amide bonds. The van der Waals surface area contributed by atoms with Gasteiger partial charge in [-0.15, -0.1) is 0 Å². The maximum atomic E-state index is 5.72. The predicted octanol–water partition coefficient (Wildman–Crippen LogP) is 1.65. The van der Waals surface area contributed by atoms with Crippen LogP contribution >= 0.6 is 0 Å². The van der Waals surface area contributed by atoms with Gasteiger partial charge in [-0.3, -0.25) is 0 Å². The van der Waals surface area contributed by atoms with Crippen LogP contribution in [0.2, 0.25) is 0 Å². The van der Waals surface area contributed by atoms with Crippen LogP contribution in [0.4, 0.5) is 0 Å². The smallest absolute Gasteiger partial charge is 0.0701 e. The van der Waals surface area contributed by atoms with Crippen molar-refractivity contribution >= 4 is 0 Å². The molecule has 0 aromatic carbocycles. The van der Waals surface area contributed by atoms with Crippen LogP contribution in [0.3, 0.4) is 0 Å². The summed E-state index contributed by atoms with van der Waals surface area (Å²) in [7, 11) is 3.31. The van der Waals surface area contributed by atoms with Gasteiger partial charge in [0.05, 0.1) is 92.5 Å². The molecular formula is C20H42O8. The van der Waals surface area contributed by atoms with Gasteiger partial charge in [0.2, 0.25) is 0 Å². The fraction of sp³-hybridized carbons (Fsp3) is 1.00. The van der Waals surface area contributed by atoms with Crippen LogP contribution in [-0.2, 0) is 37.9 Å². The minimum Gasteiger partial charge on any atom is -0.382 e. The second-order valence-electron chi connectivity index (χ2n) is 6.59. The summed E-state index contributed by atoms with van der Waals surface area (Å²) in [5, 5.41) is 0. The van der Waals surface area contributed by atoms with Gasteiger partial charge in [0.25, 0.3) is 0 Å². The Kier molecular flexibility index (Phi) is 22.7. The third-order valence-corrected chi connectivity index (χ3v) is 3.96. The van der Waals surface area contributed by atoms with Crippen molar-refractivity contribution in [2.75, 3.05) is 107 Å². The minimum absolute atomic E-state index is 0.356. The molecule has 0 saturated carbocycles. The summed E-state index contributed by atoms with van der Waals surface area (Å²) in [4.78, 5) is 0. The third-order valence-electron chi connectivity index (χ3n) is 3.96. The maximum Gasteiger partial charge on any atom is 0.0701 e. The van der Waals surface area contributed by atoms with Gasteiger partial charge >= 0.3 is 0 Å². The average Bonchev–Trinajstić information content (AvgIpc) is 2.68. The predicted molar refractivity (Wildman–Crippen MR) is 107 cm³/mol. The molecule has 0 heterocycles. The summed E-state index contributed by atoms with van der Waals surface area (Å²) >= 11 is 0. The van der Waals surface area contributed by atoms with Crippen LogP contribution < -0.4 is 0 Å². The van der Waals surface area contributed by atoms with Crippen LogP contribution in [0.25, 0.3) is 0 Å². The normalized spacial score (nSPS) is 11.8. The molecule has 8 nitrogen and oxygen atoms in total. The summed E-state index contributed by atoms with van der Waals surface area (Å²) < 4.78 is 42.8. The van der Waals surface area contributed by atoms with E-state index in [1.807, 2.05) is 0 Å². The summed E-state index contributed by atoms with van der Waals surface area (Å²) in [6, 6.07) is 0. The fourth-order valence-electron chi connectivity index (χ4n) is 2.07. The third kappa shape index (κ3) is 20.4. The van der Waals surface area contributed by atoms with Crippen molar-refractivity contribution in [1.29, 1.82) is 0 Å². The number of hydrogen-bond acceptors (Lipinski definition) is 8. The molecular weight excluding hydrogens is 368 g/mol. The Morgan fingerprint density at radius 3 is 1.00 bits per heavy atom. The van der Waals surface area contributed by atoms with Gasteiger partial charge in [0.15, 0.2) is 0 Å². The molecule has 28 heavy (non-hydrogen) atoms.